The average molecular weight is 210 g/mol. The van der Waals surface area contributed by atoms with Crippen LogP contribution in [0.25, 0.3) is 0 Å². The van der Waals surface area contributed by atoms with Gasteiger partial charge in [0.2, 0.25) is 0 Å². The first-order chi connectivity index (χ1) is 7.43. The Kier molecular flexibility index (Phi) is 2.98. The van der Waals surface area contributed by atoms with Crippen LogP contribution in [0.2, 0.25) is 0 Å². The number of epoxide rings is 2. The standard InChI is InChI=1S/C13H22O2/c1-2-6-10-12(14-10)8-4-5-9-13-11(15-13)7-3-1/h10-13H,1-9H2/t10?,11?,12-,13?/m1/s1. The number of fused-ring (bicyclic) bond motifs is 2. The molecule has 2 heteroatoms. The third-order valence-corrected chi connectivity index (χ3v) is 4.08. The van der Waals surface area contributed by atoms with E-state index in [1.165, 1.54) is 57.8 Å². The van der Waals surface area contributed by atoms with Crippen molar-refractivity contribution in [2.45, 2.75) is 82.2 Å². The van der Waals surface area contributed by atoms with Crippen molar-refractivity contribution in [3.63, 3.8) is 0 Å². The second-order valence-electron chi connectivity index (χ2n) is 5.35. The highest BCUT2D eigenvalue weighted by molar-refractivity contribution is 4.87. The Hall–Kier alpha value is -0.0800. The summed E-state index contributed by atoms with van der Waals surface area (Å²) in [5, 5.41) is 0. The fraction of sp³-hybridized carbons (Fsp3) is 1.00. The van der Waals surface area contributed by atoms with E-state index >= 15 is 0 Å². The van der Waals surface area contributed by atoms with Gasteiger partial charge in [-0.25, -0.2) is 0 Å². The van der Waals surface area contributed by atoms with Crippen molar-refractivity contribution in [2.24, 2.45) is 0 Å². The van der Waals surface area contributed by atoms with Crippen molar-refractivity contribution >= 4 is 0 Å². The number of hydrogen-bond donors (Lipinski definition) is 0. The highest BCUT2D eigenvalue weighted by Gasteiger charge is 2.39. The molecule has 86 valence electrons. The van der Waals surface area contributed by atoms with Crippen molar-refractivity contribution in [3.05, 3.63) is 0 Å². The quantitative estimate of drug-likeness (QED) is 0.574. The van der Waals surface area contributed by atoms with Crippen LogP contribution in [0.4, 0.5) is 0 Å². The van der Waals surface area contributed by atoms with Crippen molar-refractivity contribution in [2.75, 3.05) is 0 Å². The minimum absolute atomic E-state index is 0.627. The molecule has 15 heavy (non-hydrogen) atoms. The Labute approximate surface area is 92.3 Å². The van der Waals surface area contributed by atoms with E-state index in [-0.39, 0.29) is 0 Å². The molecule has 0 aromatic rings. The van der Waals surface area contributed by atoms with Crippen molar-refractivity contribution in [3.8, 4) is 0 Å². The maximum atomic E-state index is 5.67. The molecule has 2 nitrogen and oxygen atoms in total. The van der Waals surface area contributed by atoms with Gasteiger partial charge in [0.1, 0.15) is 0 Å². The highest BCUT2D eigenvalue weighted by Crippen LogP contribution is 2.35. The molecule has 0 aromatic carbocycles. The molecule has 3 unspecified atom stereocenters. The molecule has 2 saturated heterocycles. The molecule has 0 radical (unpaired) electrons. The lowest BCUT2D eigenvalue weighted by Crippen LogP contribution is -1.95. The van der Waals surface area contributed by atoms with Crippen LogP contribution >= 0.6 is 0 Å². The molecule has 0 amide bonds. The first kappa shape index (κ1) is 10.1. The Bertz CT molecular complexity index is 195. The maximum Gasteiger partial charge on any atom is 0.0841 e. The molecular weight excluding hydrogens is 188 g/mol. The second kappa shape index (κ2) is 4.42. The molecule has 3 rings (SSSR count). The number of rotatable bonds is 0. The second-order valence-corrected chi connectivity index (χ2v) is 5.35. The van der Waals surface area contributed by atoms with E-state index in [0.717, 1.165) is 0 Å². The summed E-state index contributed by atoms with van der Waals surface area (Å²) in [5.74, 6) is 0. The molecule has 1 aliphatic carbocycles. The van der Waals surface area contributed by atoms with Gasteiger partial charge < -0.3 is 9.47 Å². The van der Waals surface area contributed by atoms with Gasteiger partial charge in [-0.3, -0.25) is 0 Å². The van der Waals surface area contributed by atoms with Crippen molar-refractivity contribution in [1.29, 1.82) is 0 Å². The third-order valence-electron chi connectivity index (χ3n) is 4.08. The summed E-state index contributed by atoms with van der Waals surface area (Å²) >= 11 is 0. The van der Waals surface area contributed by atoms with E-state index in [0.29, 0.717) is 24.4 Å². The molecule has 4 atom stereocenters. The lowest BCUT2D eigenvalue weighted by atomic mass is 10.1. The molecule has 0 N–H and O–H groups in total. The van der Waals surface area contributed by atoms with E-state index < -0.39 is 0 Å². The SMILES string of the molecule is C1CCC2OC2CCCC[C@H]2OC2CC1. The molecule has 2 aliphatic heterocycles. The van der Waals surface area contributed by atoms with E-state index in [9.17, 15) is 0 Å². The molecule has 1 saturated carbocycles. The average Bonchev–Trinajstić information content (AvgIpc) is 3.10. The van der Waals surface area contributed by atoms with Crippen LogP contribution in [-0.2, 0) is 9.47 Å². The molecule has 0 aromatic heterocycles. The van der Waals surface area contributed by atoms with Gasteiger partial charge in [0.05, 0.1) is 24.4 Å². The minimum atomic E-state index is 0.627. The molecule has 0 bridgehead atoms. The van der Waals surface area contributed by atoms with E-state index in [4.69, 9.17) is 9.47 Å². The lowest BCUT2D eigenvalue weighted by molar-refractivity contribution is 0.343. The van der Waals surface area contributed by atoms with Gasteiger partial charge in [-0.05, 0) is 25.7 Å². The van der Waals surface area contributed by atoms with Gasteiger partial charge in [0.15, 0.2) is 0 Å². The largest absolute Gasteiger partial charge is 0.370 e. The van der Waals surface area contributed by atoms with E-state index in [1.54, 1.807) is 0 Å². The Morgan fingerprint density at radius 1 is 0.467 bits per heavy atom. The van der Waals surface area contributed by atoms with Crippen LogP contribution in [0, 0.1) is 0 Å². The van der Waals surface area contributed by atoms with Crippen LogP contribution in [0.1, 0.15) is 57.8 Å². The van der Waals surface area contributed by atoms with Gasteiger partial charge in [0, 0.05) is 0 Å². The Morgan fingerprint density at radius 2 is 0.800 bits per heavy atom. The first-order valence-electron chi connectivity index (χ1n) is 6.74. The van der Waals surface area contributed by atoms with Crippen LogP contribution in [0.5, 0.6) is 0 Å². The van der Waals surface area contributed by atoms with Crippen LogP contribution in [-0.4, -0.2) is 24.4 Å². The summed E-state index contributed by atoms with van der Waals surface area (Å²) in [6.07, 6.45) is 14.5. The summed E-state index contributed by atoms with van der Waals surface area (Å²) in [6, 6.07) is 0. The molecule has 3 aliphatic rings. The number of ether oxygens (including phenoxy) is 2. The highest BCUT2D eigenvalue weighted by atomic mass is 16.6. The molecule has 0 spiro atoms. The smallest absolute Gasteiger partial charge is 0.0841 e. The Morgan fingerprint density at radius 3 is 1.20 bits per heavy atom. The van der Waals surface area contributed by atoms with Gasteiger partial charge in [-0.15, -0.1) is 0 Å². The predicted octanol–water partition coefficient (Wildman–Crippen LogP) is 3.05. The zero-order valence-corrected chi connectivity index (χ0v) is 9.49. The van der Waals surface area contributed by atoms with Crippen molar-refractivity contribution in [1.82, 2.24) is 0 Å². The summed E-state index contributed by atoms with van der Waals surface area (Å²) in [6.45, 7) is 0. The minimum Gasteiger partial charge on any atom is -0.370 e. The van der Waals surface area contributed by atoms with Crippen LogP contribution in [0.15, 0.2) is 0 Å². The van der Waals surface area contributed by atoms with Gasteiger partial charge in [-0.2, -0.15) is 0 Å². The zero-order valence-electron chi connectivity index (χ0n) is 9.49. The van der Waals surface area contributed by atoms with Gasteiger partial charge in [0.25, 0.3) is 0 Å². The van der Waals surface area contributed by atoms with Crippen LogP contribution in [0.3, 0.4) is 0 Å². The lowest BCUT2D eigenvalue weighted by Gasteiger charge is -1.97. The summed E-state index contributed by atoms with van der Waals surface area (Å²) in [5.41, 5.74) is 0. The molecule has 3 fully saturated rings. The van der Waals surface area contributed by atoms with E-state index in [2.05, 4.69) is 0 Å². The monoisotopic (exact) mass is 210 g/mol. The third kappa shape index (κ3) is 2.73. The molecule has 2 heterocycles. The van der Waals surface area contributed by atoms with Crippen LogP contribution < -0.4 is 0 Å². The van der Waals surface area contributed by atoms with E-state index in [1.807, 2.05) is 0 Å². The maximum absolute atomic E-state index is 5.67. The first-order valence-corrected chi connectivity index (χ1v) is 6.74. The fourth-order valence-electron chi connectivity index (χ4n) is 2.93. The van der Waals surface area contributed by atoms with Gasteiger partial charge >= 0.3 is 0 Å². The topological polar surface area (TPSA) is 25.1 Å². The normalized spacial score (nSPS) is 46.4. The zero-order chi connectivity index (χ0) is 10.1. The fourth-order valence-corrected chi connectivity index (χ4v) is 2.93. The predicted molar refractivity (Wildman–Crippen MR) is 58.9 cm³/mol. The number of hydrogen-bond acceptors (Lipinski definition) is 2. The summed E-state index contributed by atoms with van der Waals surface area (Å²) < 4.78 is 11.3. The van der Waals surface area contributed by atoms with Crippen molar-refractivity contribution < 1.29 is 9.47 Å². The molecular formula is C13H22O2. The summed E-state index contributed by atoms with van der Waals surface area (Å²) in [4.78, 5) is 0. The van der Waals surface area contributed by atoms with Gasteiger partial charge in [-0.1, -0.05) is 32.1 Å². The summed E-state index contributed by atoms with van der Waals surface area (Å²) in [7, 11) is 0. The Balaban J connectivity index is 1.44.